The maximum Gasteiger partial charge on any atom is 0.293 e. The summed E-state index contributed by atoms with van der Waals surface area (Å²) >= 11 is 0. The Bertz CT molecular complexity index is 510. The molecule has 2 unspecified atom stereocenters. The molecule has 0 aliphatic carbocycles. The van der Waals surface area contributed by atoms with Gasteiger partial charge >= 0.3 is 0 Å². The molecular weight excluding hydrogens is 240 g/mol. The number of aromatic nitrogens is 2. The highest BCUT2D eigenvalue weighted by atomic mass is 16.1. The van der Waals surface area contributed by atoms with Gasteiger partial charge in [0, 0.05) is 36.6 Å². The molecule has 2 saturated heterocycles. The second-order valence-electron chi connectivity index (χ2n) is 6.08. The van der Waals surface area contributed by atoms with Crippen molar-refractivity contribution >= 4 is 5.82 Å². The van der Waals surface area contributed by atoms with E-state index in [0.717, 1.165) is 25.7 Å². The number of rotatable bonds is 2. The van der Waals surface area contributed by atoms with Gasteiger partial charge in [-0.1, -0.05) is 0 Å². The third-order valence-corrected chi connectivity index (χ3v) is 4.42. The molecule has 2 fully saturated rings. The summed E-state index contributed by atoms with van der Waals surface area (Å²) in [5, 5.41) is 0. The quantitative estimate of drug-likeness (QED) is 0.872. The summed E-state index contributed by atoms with van der Waals surface area (Å²) < 4.78 is 1.76. The fourth-order valence-electron chi connectivity index (χ4n) is 3.56. The van der Waals surface area contributed by atoms with Crippen molar-refractivity contribution in [2.24, 2.45) is 5.73 Å². The Morgan fingerprint density at radius 1 is 1.32 bits per heavy atom. The van der Waals surface area contributed by atoms with E-state index in [9.17, 15) is 4.79 Å². The van der Waals surface area contributed by atoms with Crippen LogP contribution in [-0.2, 0) is 0 Å². The average Bonchev–Trinajstić information content (AvgIpc) is 2.62. The number of anilines is 1. The van der Waals surface area contributed by atoms with E-state index in [0.29, 0.717) is 17.9 Å². The van der Waals surface area contributed by atoms with Crippen molar-refractivity contribution in [1.29, 1.82) is 0 Å². The molecule has 1 aromatic rings. The molecule has 19 heavy (non-hydrogen) atoms. The Hall–Kier alpha value is -1.36. The molecule has 0 spiro atoms. The molecule has 2 aliphatic rings. The SMILES string of the molecule is CC(C)n1ccnc(N2C3CCC2CC(N)C3)c1=O. The normalized spacial score (nSPS) is 30.1. The Balaban J connectivity index is 2.00. The van der Waals surface area contributed by atoms with E-state index >= 15 is 0 Å². The van der Waals surface area contributed by atoms with Crippen LogP contribution in [0.4, 0.5) is 5.82 Å². The zero-order valence-corrected chi connectivity index (χ0v) is 11.6. The van der Waals surface area contributed by atoms with Crippen molar-refractivity contribution < 1.29 is 0 Å². The molecule has 0 radical (unpaired) electrons. The molecule has 0 aromatic carbocycles. The van der Waals surface area contributed by atoms with Crippen molar-refractivity contribution in [3.63, 3.8) is 0 Å². The van der Waals surface area contributed by atoms with E-state index < -0.39 is 0 Å². The molecule has 3 rings (SSSR count). The van der Waals surface area contributed by atoms with Gasteiger partial charge < -0.3 is 15.2 Å². The molecule has 3 heterocycles. The van der Waals surface area contributed by atoms with Crippen molar-refractivity contribution in [2.45, 2.75) is 63.7 Å². The van der Waals surface area contributed by atoms with E-state index in [4.69, 9.17) is 5.73 Å². The van der Waals surface area contributed by atoms with Crippen LogP contribution in [0.5, 0.6) is 0 Å². The Kier molecular flexibility index (Phi) is 3.09. The molecule has 5 heteroatoms. The van der Waals surface area contributed by atoms with Gasteiger partial charge in [0.25, 0.3) is 5.56 Å². The van der Waals surface area contributed by atoms with Crippen LogP contribution in [0.2, 0.25) is 0 Å². The van der Waals surface area contributed by atoms with E-state index in [-0.39, 0.29) is 17.6 Å². The van der Waals surface area contributed by atoms with Crippen LogP contribution < -0.4 is 16.2 Å². The van der Waals surface area contributed by atoms with E-state index in [1.54, 1.807) is 17.0 Å². The number of hydrogen-bond acceptors (Lipinski definition) is 4. The molecular formula is C14H22N4O. The number of nitrogens with zero attached hydrogens (tertiary/aromatic N) is 3. The Morgan fingerprint density at radius 2 is 1.95 bits per heavy atom. The Labute approximate surface area is 113 Å². The van der Waals surface area contributed by atoms with Crippen molar-refractivity contribution in [3.05, 3.63) is 22.7 Å². The minimum Gasteiger partial charge on any atom is -0.346 e. The predicted molar refractivity (Wildman–Crippen MR) is 75.4 cm³/mol. The highest BCUT2D eigenvalue weighted by Crippen LogP contribution is 2.36. The first-order valence-electron chi connectivity index (χ1n) is 7.19. The van der Waals surface area contributed by atoms with Gasteiger partial charge in [-0.15, -0.1) is 0 Å². The van der Waals surface area contributed by atoms with Gasteiger partial charge in [-0.3, -0.25) is 4.79 Å². The number of fused-ring (bicyclic) bond motifs is 2. The molecule has 0 amide bonds. The summed E-state index contributed by atoms with van der Waals surface area (Å²) in [6.07, 6.45) is 7.74. The van der Waals surface area contributed by atoms with Crippen LogP contribution in [0.15, 0.2) is 17.2 Å². The molecule has 1 aromatic heterocycles. The minimum atomic E-state index is 0.0323. The van der Waals surface area contributed by atoms with E-state index in [2.05, 4.69) is 9.88 Å². The van der Waals surface area contributed by atoms with Crippen molar-refractivity contribution in [1.82, 2.24) is 9.55 Å². The Morgan fingerprint density at radius 3 is 2.53 bits per heavy atom. The zero-order valence-electron chi connectivity index (χ0n) is 11.6. The predicted octanol–water partition coefficient (Wildman–Crippen LogP) is 1.28. The molecule has 104 valence electrons. The van der Waals surface area contributed by atoms with E-state index in [1.165, 1.54) is 0 Å². The van der Waals surface area contributed by atoms with Crippen LogP contribution in [-0.4, -0.2) is 27.7 Å². The minimum absolute atomic E-state index is 0.0323. The fraction of sp³-hybridized carbons (Fsp3) is 0.714. The summed E-state index contributed by atoms with van der Waals surface area (Å²) in [7, 11) is 0. The van der Waals surface area contributed by atoms with Crippen LogP contribution in [0.3, 0.4) is 0 Å². The topological polar surface area (TPSA) is 64.2 Å². The van der Waals surface area contributed by atoms with Gasteiger partial charge in [0.05, 0.1) is 0 Å². The first-order chi connectivity index (χ1) is 9.08. The van der Waals surface area contributed by atoms with Gasteiger partial charge in [-0.2, -0.15) is 0 Å². The van der Waals surface area contributed by atoms with Gasteiger partial charge in [-0.25, -0.2) is 4.98 Å². The zero-order chi connectivity index (χ0) is 13.6. The summed E-state index contributed by atoms with van der Waals surface area (Å²) in [5.74, 6) is 0.621. The van der Waals surface area contributed by atoms with Gasteiger partial charge in [0.15, 0.2) is 5.82 Å². The highest BCUT2D eigenvalue weighted by Gasteiger charge is 2.41. The molecule has 5 nitrogen and oxygen atoms in total. The smallest absolute Gasteiger partial charge is 0.293 e. The molecule has 2 bridgehead atoms. The van der Waals surface area contributed by atoms with Crippen LogP contribution >= 0.6 is 0 Å². The second-order valence-corrected chi connectivity index (χ2v) is 6.08. The lowest BCUT2D eigenvalue weighted by Crippen LogP contribution is -2.50. The number of piperidine rings is 1. The first kappa shape index (κ1) is 12.7. The highest BCUT2D eigenvalue weighted by molar-refractivity contribution is 5.42. The van der Waals surface area contributed by atoms with Gasteiger partial charge in [0.1, 0.15) is 0 Å². The third-order valence-electron chi connectivity index (χ3n) is 4.42. The third kappa shape index (κ3) is 2.06. The summed E-state index contributed by atoms with van der Waals surface area (Å²) in [6.45, 7) is 4.04. The van der Waals surface area contributed by atoms with Crippen LogP contribution in [0, 0.1) is 0 Å². The molecule has 2 atom stereocenters. The van der Waals surface area contributed by atoms with Crippen LogP contribution in [0.25, 0.3) is 0 Å². The monoisotopic (exact) mass is 262 g/mol. The maximum absolute atomic E-state index is 12.5. The van der Waals surface area contributed by atoms with Gasteiger partial charge in [-0.05, 0) is 39.5 Å². The van der Waals surface area contributed by atoms with Crippen molar-refractivity contribution in [2.75, 3.05) is 4.90 Å². The van der Waals surface area contributed by atoms with Crippen molar-refractivity contribution in [3.8, 4) is 0 Å². The first-order valence-corrected chi connectivity index (χ1v) is 7.19. The molecule has 2 N–H and O–H groups in total. The maximum atomic E-state index is 12.5. The summed E-state index contributed by atoms with van der Waals surface area (Å²) in [4.78, 5) is 19.1. The second kappa shape index (κ2) is 4.63. The average molecular weight is 262 g/mol. The summed E-state index contributed by atoms with van der Waals surface area (Å²) in [6, 6.07) is 1.25. The van der Waals surface area contributed by atoms with Crippen LogP contribution in [0.1, 0.15) is 45.6 Å². The molecule has 0 saturated carbocycles. The number of hydrogen-bond donors (Lipinski definition) is 1. The lowest BCUT2D eigenvalue weighted by molar-refractivity contribution is 0.409. The van der Waals surface area contributed by atoms with Gasteiger partial charge in [0.2, 0.25) is 0 Å². The summed E-state index contributed by atoms with van der Waals surface area (Å²) in [5.41, 5.74) is 6.11. The number of nitrogens with two attached hydrogens (primary N) is 1. The fourth-order valence-corrected chi connectivity index (χ4v) is 3.56. The lowest BCUT2D eigenvalue weighted by atomic mass is 9.98. The standard InChI is InChI=1S/C14H22N4O/c1-9(2)17-6-5-16-13(14(17)19)18-11-3-4-12(18)8-10(15)7-11/h5-6,9-12H,3-4,7-8,15H2,1-2H3. The molecule has 2 aliphatic heterocycles. The van der Waals surface area contributed by atoms with E-state index in [1.807, 2.05) is 13.8 Å². The lowest BCUT2D eigenvalue weighted by Gasteiger charge is -2.38. The largest absolute Gasteiger partial charge is 0.346 e.